The Labute approximate surface area is 265 Å². The number of β-lactam (4-membered cyclic amide) rings is 2. The zero-order valence-corrected chi connectivity index (χ0v) is 26.9. The second kappa shape index (κ2) is 12.2. The minimum absolute atomic E-state index is 0.0196. The first-order valence-corrected chi connectivity index (χ1v) is 15.7. The van der Waals surface area contributed by atoms with Crippen LogP contribution < -0.4 is 5.32 Å². The van der Waals surface area contributed by atoms with Crippen molar-refractivity contribution < 1.29 is 43.0 Å². The molecule has 3 amide bonds. The Morgan fingerprint density at radius 1 is 1.00 bits per heavy atom. The number of hydrogen-bond acceptors (Lipinski definition) is 11. The van der Waals surface area contributed by atoms with Crippen LogP contribution in [-0.4, -0.2) is 97.8 Å². The van der Waals surface area contributed by atoms with Gasteiger partial charge in [-0.15, -0.1) is 11.8 Å². The van der Waals surface area contributed by atoms with Gasteiger partial charge in [-0.1, -0.05) is 30.3 Å². The van der Waals surface area contributed by atoms with Crippen LogP contribution in [0, 0.1) is 0 Å². The number of nitrogens with one attached hydrogen (secondary N) is 1. The number of fused-ring (bicyclic) bond motifs is 2. The van der Waals surface area contributed by atoms with Crippen LogP contribution in [0.2, 0.25) is 0 Å². The van der Waals surface area contributed by atoms with E-state index in [0.29, 0.717) is 24.1 Å². The second-order valence-corrected chi connectivity index (χ2v) is 14.5. The highest BCUT2D eigenvalue weighted by Crippen LogP contribution is 2.51. The standard InChI is InChI=1S/C31H38N4O9S/c1-16(12-13-17(2)36)32-21(18-10-8-7-9-11-18)25(38)33-22-26(39)35-24(31(5,6)45-27(22)35)29(41)43-15-42-28(40)23-30(3,4)44-20-14-19(37)34(20)23/h7-11,20-24,27H,12-15H2,1-6H3,(H,33,38)/t20-,21-,22-,23+,24+,27-/m1/s1. The number of aliphatic imine (C=N–C) groups is 1. The number of nitrogens with zero attached hydrogens (tertiary/aromatic N) is 3. The number of Topliss-reactive ketones (excluding diaryl/α,β-unsaturated/α-hetero) is 1. The topological polar surface area (TPSA) is 161 Å². The second-order valence-electron chi connectivity index (χ2n) is 12.8. The highest BCUT2D eigenvalue weighted by Gasteiger charge is 2.65. The molecule has 45 heavy (non-hydrogen) atoms. The number of rotatable bonds is 11. The van der Waals surface area contributed by atoms with E-state index in [-0.39, 0.29) is 18.1 Å². The average molecular weight is 643 g/mol. The molecule has 242 valence electrons. The molecule has 6 atom stereocenters. The van der Waals surface area contributed by atoms with Gasteiger partial charge in [-0.2, -0.15) is 0 Å². The lowest BCUT2D eigenvalue weighted by Crippen LogP contribution is -2.71. The Kier molecular flexibility index (Phi) is 8.84. The summed E-state index contributed by atoms with van der Waals surface area (Å²) in [6.45, 7) is 9.52. The van der Waals surface area contributed by atoms with E-state index in [1.807, 2.05) is 6.07 Å². The fourth-order valence-corrected chi connectivity index (χ4v) is 7.80. The number of hydrogen-bond donors (Lipinski definition) is 1. The Hall–Kier alpha value is -3.78. The highest BCUT2D eigenvalue weighted by atomic mass is 32.2. The molecule has 5 rings (SSSR count). The van der Waals surface area contributed by atoms with Crippen LogP contribution in [0.15, 0.2) is 35.3 Å². The van der Waals surface area contributed by atoms with Crippen molar-refractivity contribution in [2.24, 2.45) is 4.99 Å². The van der Waals surface area contributed by atoms with Gasteiger partial charge in [-0.05, 0) is 53.5 Å². The van der Waals surface area contributed by atoms with Crippen LogP contribution in [0.25, 0.3) is 0 Å². The van der Waals surface area contributed by atoms with E-state index >= 15 is 0 Å². The molecule has 1 N–H and O–H groups in total. The van der Waals surface area contributed by atoms with Gasteiger partial charge >= 0.3 is 11.9 Å². The molecule has 4 aliphatic heterocycles. The van der Waals surface area contributed by atoms with Gasteiger partial charge in [-0.3, -0.25) is 24.3 Å². The number of carbonyl (C=O) groups excluding carboxylic acids is 6. The van der Waals surface area contributed by atoms with Gasteiger partial charge in [0.15, 0.2) is 12.1 Å². The monoisotopic (exact) mass is 642 g/mol. The zero-order valence-electron chi connectivity index (χ0n) is 26.1. The Balaban J connectivity index is 1.21. The smallest absolute Gasteiger partial charge is 0.334 e. The maximum Gasteiger partial charge on any atom is 0.334 e. The summed E-state index contributed by atoms with van der Waals surface area (Å²) in [4.78, 5) is 83.7. The summed E-state index contributed by atoms with van der Waals surface area (Å²) in [6.07, 6.45) is 0.447. The molecule has 14 heteroatoms. The van der Waals surface area contributed by atoms with E-state index in [4.69, 9.17) is 14.2 Å². The van der Waals surface area contributed by atoms with Crippen molar-refractivity contribution in [1.29, 1.82) is 0 Å². The number of ketones is 1. The van der Waals surface area contributed by atoms with Crippen LogP contribution in [-0.2, 0) is 43.0 Å². The van der Waals surface area contributed by atoms with Crippen LogP contribution in [0.5, 0.6) is 0 Å². The number of amides is 3. The van der Waals surface area contributed by atoms with Gasteiger partial charge in [0.2, 0.25) is 24.5 Å². The quantitative estimate of drug-likeness (QED) is 0.163. The molecule has 4 fully saturated rings. The van der Waals surface area contributed by atoms with Crippen LogP contribution in [0.4, 0.5) is 0 Å². The molecule has 0 bridgehead atoms. The molecule has 1 aromatic rings. The SMILES string of the molecule is CC(=O)CCC(C)=N[C@@H](C(=O)N[C@@H]1C(=O)N2[C@@H]1SC(C)(C)[C@@H]2C(=O)OCOC(=O)[C@@H]1N2C(=O)C[C@H]2OC1(C)C)c1ccccc1. The van der Waals surface area contributed by atoms with Gasteiger partial charge in [0.25, 0.3) is 0 Å². The largest absolute Gasteiger partial charge is 0.426 e. The molecular weight excluding hydrogens is 604 g/mol. The van der Waals surface area contributed by atoms with Gasteiger partial charge in [-0.25, -0.2) is 9.59 Å². The predicted octanol–water partition coefficient (Wildman–Crippen LogP) is 1.88. The fourth-order valence-electron chi connectivity index (χ4n) is 6.18. The van der Waals surface area contributed by atoms with Crippen molar-refractivity contribution in [3.63, 3.8) is 0 Å². The van der Waals surface area contributed by atoms with Gasteiger partial charge in [0, 0.05) is 16.9 Å². The van der Waals surface area contributed by atoms with Crippen molar-refractivity contribution >= 4 is 52.9 Å². The van der Waals surface area contributed by atoms with Crippen molar-refractivity contribution in [3.05, 3.63) is 35.9 Å². The molecule has 1 aromatic carbocycles. The van der Waals surface area contributed by atoms with Crippen molar-refractivity contribution in [2.45, 2.75) is 107 Å². The maximum atomic E-state index is 13.5. The third-order valence-corrected chi connectivity index (χ3v) is 10.0. The third kappa shape index (κ3) is 6.22. The molecule has 0 aromatic heterocycles. The van der Waals surface area contributed by atoms with Gasteiger partial charge < -0.3 is 29.2 Å². The summed E-state index contributed by atoms with van der Waals surface area (Å²) in [6, 6.07) is 5.18. The van der Waals surface area contributed by atoms with Gasteiger partial charge in [0.05, 0.1) is 12.0 Å². The lowest BCUT2D eigenvalue weighted by atomic mass is 9.95. The number of esters is 2. The summed E-state index contributed by atoms with van der Waals surface area (Å²) in [5.74, 6) is -2.62. The Bertz CT molecular complexity index is 1450. The van der Waals surface area contributed by atoms with Crippen LogP contribution in [0.1, 0.15) is 72.4 Å². The average Bonchev–Trinajstić information content (AvgIpc) is 3.36. The fraction of sp³-hybridized carbons (Fsp3) is 0.581. The van der Waals surface area contributed by atoms with Crippen LogP contribution in [0.3, 0.4) is 0 Å². The maximum absolute atomic E-state index is 13.5. The van der Waals surface area contributed by atoms with Crippen molar-refractivity contribution in [2.75, 3.05) is 6.79 Å². The summed E-state index contributed by atoms with van der Waals surface area (Å²) in [7, 11) is 0. The first-order valence-electron chi connectivity index (χ1n) is 14.8. The molecule has 13 nitrogen and oxygen atoms in total. The molecule has 4 saturated heterocycles. The van der Waals surface area contributed by atoms with E-state index < -0.39 is 76.7 Å². The van der Waals surface area contributed by atoms with E-state index in [2.05, 4.69) is 10.3 Å². The predicted molar refractivity (Wildman–Crippen MR) is 161 cm³/mol. The van der Waals surface area contributed by atoms with E-state index in [9.17, 15) is 28.8 Å². The number of carbonyl (C=O) groups is 6. The summed E-state index contributed by atoms with van der Waals surface area (Å²) in [5, 5.41) is 2.30. The highest BCUT2D eigenvalue weighted by molar-refractivity contribution is 8.01. The molecule has 0 spiro atoms. The zero-order chi connectivity index (χ0) is 32.8. The molecule has 0 unspecified atom stereocenters. The normalized spacial score (nSPS) is 28.3. The summed E-state index contributed by atoms with van der Waals surface area (Å²) in [5.41, 5.74) is 0.310. The lowest BCUT2D eigenvalue weighted by Gasteiger charge is -2.44. The lowest BCUT2D eigenvalue weighted by molar-refractivity contribution is -0.181. The Morgan fingerprint density at radius 3 is 2.27 bits per heavy atom. The summed E-state index contributed by atoms with van der Waals surface area (Å²) >= 11 is 1.36. The first kappa shape index (κ1) is 32.6. The van der Waals surface area contributed by atoms with Gasteiger partial charge in [0.1, 0.15) is 29.5 Å². The number of thioether (sulfide) groups is 1. The van der Waals surface area contributed by atoms with Crippen LogP contribution >= 0.6 is 11.8 Å². The number of ether oxygens (including phenoxy) is 3. The minimum Gasteiger partial charge on any atom is -0.426 e. The minimum atomic E-state index is -0.990. The molecule has 0 radical (unpaired) electrons. The van der Waals surface area contributed by atoms with Crippen molar-refractivity contribution in [1.82, 2.24) is 15.1 Å². The Morgan fingerprint density at radius 2 is 1.64 bits per heavy atom. The van der Waals surface area contributed by atoms with E-state index in [1.54, 1.807) is 58.9 Å². The molecular formula is C31H38N4O9S. The molecule has 4 aliphatic rings. The molecule has 0 saturated carbocycles. The molecule has 0 aliphatic carbocycles. The first-order chi connectivity index (χ1) is 21.1. The molecule has 4 heterocycles. The third-order valence-electron chi connectivity index (χ3n) is 8.46. The number of benzene rings is 1. The van der Waals surface area contributed by atoms with Crippen molar-refractivity contribution in [3.8, 4) is 0 Å². The van der Waals surface area contributed by atoms with E-state index in [0.717, 1.165) is 0 Å². The van der Waals surface area contributed by atoms with E-state index in [1.165, 1.54) is 28.5 Å². The summed E-state index contributed by atoms with van der Waals surface area (Å²) < 4.78 is 15.5.